The SMILES string of the molecule is CCCCC1=NC2(CC3C[C@H]3C2)C(=O)N1Cc1ccc(-c2ccccc2S(=O)(=O)Nc2noc(C)c2C)c(COCC)c1. The lowest BCUT2D eigenvalue weighted by Crippen LogP contribution is -2.41. The van der Waals surface area contributed by atoms with Crippen LogP contribution in [0.1, 0.15) is 74.8 Å². The molecular weight excluding hydrogens is 564 g/mol. The van der Waals surface area contributed by atoms with Gasteiger partial charge in [-0.25, -0.2) is 8.42 Å². The third-order valence-corrected chi connectivity index (χ3v) is 10.5. The van der Waals surface area contributed by atoms with Gasteiger partial charge < -0.3 is 9.26 Å². The highest BCUT2D eigenvalue weighted by Crippen LogP contribution is 2.59. The number of aliphatic imine (C=N–C) groups is 1. The number of hydrogen-bond acceptors (Lipinski definition) is 7. The molecule has 6 rings (SSSR count). The molecule has 0 radical (unpaired) electrons. The summed E-state index contributed by atoms with van der Waals surface area (Å²) in [4.78, 5) is 21.0. The van der Waals surface area contributed by atoms with Gasteiger partial charge in [-0.3, -0.25) is 19.4 Å². The summed E-state index contributed by atoms with van der Waals surface area (Å²) in [7, 11) is -3.99. The minimum atomic E-state index is -3.99. The summed E-state index contributed by atoms with van der Waals surface area (Å²) in [5.41, 5.74) is 3.20. The smallest absolute Gasteiger partial charge is 0.263 e. The van der Waals surface area contributed by atoms with Crippen LogP contribution < -0.4 is 4.72 Å². The molecule has 2 aliphatic carbocycles. The molecule has 1 aromatic heterocycles. The van der Waals surface area contributed by atoms with Crippen molar-refractivity contribution in [2.24, 2.45) is 16.8 Å². The van der Waals surface area contributed by atoms with Crippen LogP contribution in [0.5, 0.6) is 0 Å². The van der Waals surface area contributed by atoms with Crippen LogP contribution in [0.3, 0.4) is 0 Å². The highest BCUT2D eigenvalue weighted by molar-refractivity contribution is 7.92. The summed E-state index contributed by atoms with van der Waals surface area (Å²) in [6.45, 7) is 8.83. The van der Waals surface area contributed by atoms with E-state index in [9.17, 15) is 13.2 Å². The Labute approximate surface area is 253 Å². The summed E-state index contributed by atoms with van der Waals surface area (Å²) < 4.78 is 40.8. The maximum atomic E-state index is 13.9. The minimum absolute atomic E-state index is 0.131. The number of aryl methyl sites for hydroxylation is 1. The number of hydrogen-bond donors (Lipinski definition) is 1. The molecule has 10 heteroatoms. The monoisotopic (exact) mass is 604 g/mol. The zero-order valence-corrected chi connectivity index (χ0v) is 26.2. The number of nitrogens with zero attached hydrogens (tertiary/aromatic N) is 3. The van der Waals surface area contributed by atoms with E-state index in [2.05, 4.69) is 16.8 Å². The third-order valence-electron chi connectivity index (χ3n) is 9.15. The second-order valence-electron chi connectivity index (χ2n) is 12.2. The largest absolute Gasteiger partial charge is 0.377 e. The molecule has 9 nitrogen and oxygen atoms in total. The van der Waals surface area contributed by atoms with Gasteiger partial charge in [-0.1, -0.05) is 54.9 Å². The van der Waals surface area contributed by atoms with Crippen molar-refractivity contribution in [1.82, 2.24) is 10.1 Å². The van der Waals surface area contributed by atoms with Gasteiger partial charge >= 0.3 is 0 Å². The third kappa shape index (κ3) is 5.62. The molecule has 1 aliphatic heterocycles. The molecule has 3 atom stereocenters. The second kappa shape index (κ2) is 11.5. The summed E-state index contributed by atoms with van der Waals surface area (Å²) in [6.07, 6.45) is 5.83. The topological polar surface area (TPSA) is 114 Å². The van der Waals surface area contributed by atoms with Crippen molar-refractivity contribution in [3.05, 3.63) is 64.9 Å². The van der Waals surface area contributed by atoms with Gasteiger partial charge in [-0.15, -0.1) is 0 Å². The molecule has 1 N–H and O–H groups in total. The zero-order valence-electron chi connectivity index (χ0n) is 25.4. The fourth-order valence-electron chi connectivity index (χ4n) is 6.58. The number of ether oxygens (including phenoxy) is 1. The first-order chi connectivity index (χ1) is 20.7. The Morgan fingerprint density at radius 3 is 2.56 bits per heavy atom. The number of amidine groups is 1. The van der Waals surface area contributed by atoms with Crippen molar-refractivity contribution in [2.45, 2.75) is 89.8 Å². The average molecular weight is 605 g/mol. The maximum Gasteiger partial charge on any atom is 0.263 e. The predicted molar refractivity (Wildman–Crippen MR) is 165 cm³/mol. The first-order valence-electron chi connectivity index (χ1n) is 15.3. The second-order valence-corrected chi connectivity index (χ2v) is 13.8. The summed E-state index contributed by atoms with van der Waals surface area (Å²) >= 11 is 0. The van der Waals surface area contributed by atoms with Crippen LogP contribution >= 0.6 is 0 Å². The molecule has 2 aromatic carbocycles. The predicted octanol–water partition coefficient (Wildman–Crippen LogP) is 6.40. The van der Waals surface area contributed by atoms with E-state index >= 15 is 0 Å². The molecule has 0 bridgehead atoms. The van der Waals surface area contributed by atoms with Gasteiger partial charge in [0.25, 0.3) is 15.9 Å². The van der Waals surface area contributed by atoms with Crippen molar-refractivity contribution in [3.63, 3.8) is 0 Å². The summed E-state index contributed by atoms with van der Waals surface area (Å²) in [5.74, 6) is 3.08. The molecule has 2 fully saturated rings. The van der Waals surface area contributed by atoms with Gasteiger partial charge in [0.15, 0.2) is 5.82 Å². The number of sulfonamides is 1. The average Bonchev–Trinajstić information content (AvgIpc) is 3.40. The Bertz CT molecular complexity index is 1670. The number of rotatable bonds is 12. The van der Waals surface area contributed by atoms with Crippen LogP contribution in [0.4, 0.5) is 5.82 Å². The molecular formula is C33H40N4O5S. The van der Waals surface area contributed by atoms with Crippen molar-refractivity contribution >= 4 is 27.6 Å². The molecule has 2 unspecified atom stereocenters. The van der Waals surface area contributed by atoms with E-state index in [0.29, 0.717) is 48.5 Å². The quantitative estimate of drug-likeness (QED) is 0.256. The van der Waals surface area contributed by atoms with E-state index in [1.165, 1.54) is 6.42 Å². The fourth-order valence-corrected chi connectivity index (χ4v) is 7.86. The highest BCUT2D eigenvalue weighted by Gasteiger charge is 2.61. The van der Waals surface area contributed by atoms with Crippen LogP contribution in [0.2, 0.25) is 0 Å². The summed E-state index contributed by atoms with van der Waals surface area (Å²) in [5, 5.41) is 3.88. The molecule has 1 amide bonds. The maximum absolute atomic E-state index is 13.9. The first-order valence-corrected chi connectivity index (χ1v) is 16.8. The van der Waals surface area contributed by atoms with E-state index in [1.807, 2.05) is 36.1 Å². The van der Waals surface area contributed by atoms with Gasteiger partial charge in [-0.2, -0.15) is 0 Å². The van der Waals surface area contributed by atoms with Crippen LogP contribution in [0, 0.1) is 25.7 Å². The number of fused-ring (bicyclic) bond motifs is 1. The molecule has 1 spiro atoms. The van der Waals surface area contributed by atoms with Crippen LogP contribution in [0.25, 0.3) is 11.1 Å². The normalized spacial score (nSPS) is 22.7. The van der Waals surface area contributed by atoms with Gasteiger partial charge in [-0.05, 0) is 81.0 Å². The van der Waals surface area contributed by atoms with E-state index in [0.717, 1.165) is 54.6 Å². The number of unbranched alkanes of at least 4 members (excludes halogenated alkanes) is 1. The van der Waals surface area contributed by atoms with Crippen LogP contribution in [0.15, 0.2) is 56.9 Å². The van der Waals surface area contributed by atoms with Gasteiger partial charge in [0.05, 0.1) is 18.0 Å². The Morgan fingerprint density at radius 2 is 1.86 bits per heavy atom. The molecule has 43 heavy (non-hydrogen) atoms. The Kier molecular flexibility index (Phi) is 7.93. The minimum Gasteiger partial charge on any atom is -0.377 e. The van der Waals surface area contributed by atoms with Crippen molar-refractivity contribution in [3.8, 4) is 11.1 Å². The first kappa shape index (κ1) is 29.6. The number of benzene rings is 2. The van der Waals surface area contributed by atoms with Crippen molar-refractivity contribution in [1.29, 1.82) is 0 Å². The number of aromatic nitrogens is 1. The van der Waals surface area contributed by atoms with Crippen molar-refractivity contribution < 1.29 is 22.5 Å². The van der Waals surface area contributed by atoms with E-state index in [-0.39, 0.29) is 16.6 Å². The van der Waals surface area contributed by atoms with Crippen LogP contribution in [-0.2, 0) is 32.7 Å². The number of amides is 1. The lowest BCUT2D eigenvalue weighted by molar-refractivity contribution is -0.131. The Morgan fingerprint density at radius 1 is 1.09 bits per heavy atom. The summed E-state index contributed by atoms with van der Waals surface area (Å²) in [6, 6.07) is 12.9. The Hall–Kier alpha value is -3.50. The number of anilines is 1. The lowest BCUT2D eigenvalue weighted by Gasteiger charge is -2.24. The standard InChI is InChI=1S/C33H40N4O5S/c1-5-7-12-30-34-33(17-24-16-25(24)18-33)32(38)37(30)19-23-13-14-27(26(15-23)20-41-6-2)28-10-8-9-11-29(28)43(39,40)36-31-21(3)22(4)42-35-31/h8-11,13-15,24-25H,5-7,12,16-20H2,1-4H3,(H,35,36)/t24-,25?,33?/m0/s1. The molecule has 228 valence electrons. The number of carbonyl (C=O) groups is 1. The molecule has 2 saturated carbocycles. The zero-order chi connectivity index (χ0) is 30.4. The van der Waals surface area contributed by atoms with Gasteiger partial charge in [0, 0.05) is 24.2 Å². The number of carbonyl (C=O) groups excluding carboxylic acids is 1. The van der Waals surface area contributed by atoms with E-state index < -0.39 is 15.6 Å². The van der Waals surface area contributed by atoms with Crippen molar-refractivity contribution in [2.75, 3.05) is 11.3 Å². The molecule has 3 aromatic rings. The van der Waals surface area contributed by atoms with Gasteiger partial charge in [0.1, 0.15) is 17.1 Å². The highest BCUT2D eigenvalue weighted by atomic mass is 32.2. The van der Waals surface area contributed by atoms with E-state index in [1.54, 1.807) is 32.0 Å². The van der Waals surface area contributed by atoms with Gasteiger partial charge in [0.2, 0.25) is 0 Å². The lowest BCUT2D eigenvalue weighted by atomic mass is 9.93. The Balaban J connectivity index is 1.32. The molecule has 3 aliphatic rings. The molecule has 2 heterocycles. The number of nitrogens with one attached hydrogen (secondary N) is 1. The fraction of sp³-hybridized carbons (Fsp3) is 0.485. The van der Waals surface area contributed by atoms with Crippen LogP contribution in [-0.4, -0.2) is 42.4 Å². The van der Waals surface area contributed by atoms with E-state index in [4.69, 9.17) is 14.3 Å². The molecule has 0 saturated heterocycles.